The van der Waals surface area contributed by atoms with Crippen LogP contribution in [0.15, 0.2) is 6.33 Å². The van der Waals surface area contributed by atoms with Crippen LogP contribution in [-0.2, 0) is 0 Å². The predicted molar refractivity (Wildman–Crippen MR) is 77.8 cm³/mol. The molecular formula is C14H24N4O. The molecule has 0 aromatic carbocycles. The summed E-state index contributed by atoms with van der Waals surface area (Å²) < 4.78 is 5.45. The van der Waals surface area contributed by atoms with Crippen LogP contribution in [0, 0.1) is 5.92 Å². The lowest BCUT2D eigenvalue weighted by Crippen LogP contribution is -2.21. The minimum Gasteiger partial charge on any atom is -0.490 e. The largest absolute Gasteiger partial charge is 0.490 e. The summed E-state index contributed by atoms with van der Waals surface area (Å²) in [6.07, 6.45) is 6.65. The van der Waals surface area contributed by atoms with E-state index in [1.54, 1.807) is 13.4 Å². The number of nitrogens with zero attached hydrogens (tertiary/aromatic N) is 2. The van der Waals surface area contributed by atoms with Gasteiger partial charge in [0.1, 0.15) is 6.33 Å². The maximum atomic E-state index is 5.45. The molecule has 0 spiro atoms. The molecule has 1 saturated carbocycles. The van der Waals surface area contributed by atoms with E-state index in [9.17, 15) is 0 Å². The Kier molecular flexibility index (Phi) is 4.82. The molecule has 5 nitrogen and oxygen atoms in total. The number of hydrogen-bond donors (Lipinski definition) is 2. The molecule has 0 amide bonds. The highest BCUT2D eigenvalue weighted by atomic mass is 16.5. The molecular weight excluding hydrogens is 240 g/mol. The van der Waals surface area contributed by atoms with Gasteiger partial charge in [-0.2, -0.15) is 0 Å². The Hall–Kier alpha value is -1.52. The van der Waals surface area contributed by atoms with Crippen LogP contribution >= 0.6 is 0 Å². The van der Waals surface area contributed by atoms with Crippen LogP contribution in [-0.4, -0.2) is 29.7 Å². The summed E-state index contributed by atoms with van der Waals surface area (Å²) in [6.45, 7) is 5.06. The molecule has 1 aliphatic rings. The Balaban J connectivity index is 2.10. The predicted octanol–water partition coefficient (Wildman–Crippen LogP) is 2.91. The van der Waals surface area contributed by atoms with Crippen molar-refractivity contribution >= 4 is 11.6 Å². The van der Waals surface area contributed by atoms with E-state index in [4.69, 9.17) is 4.74 Å². The van der Waals surface area contributed by atoms with Crippen LogP contribution in [0.1, 0.15) is 39.5 Å². The van der Waals surface area contributed by atoms with Gasteiger partial charge in [-0.25, -0.2) is 9.97 Å². The molecule has 0 saturated heterocycles. The molecule has 0 aliphatic heterocycles. The van der Waals surface area contributed by atoms with E-state index < -0.39 is 0 Å². The molecule has 0 radical (unpaired) electrons. The second kappa shape index (κ2) is 6.59. The average molecular weight is 264 g/mol. The van der Waals surface area contributed by atoms with E-state index >= 15 is 0 Å². The van der Waals surface area contributed by atoms with Crippen molar-refractivity contribution in [1.82, 2.24) is 9.97 Å². The molecule has 2 rings (SSSR count). The van der Waals surface area contributed by atoms with E-state index in [-0.39, 0.29) is 0 Å². The third-order valence-electron chi connectivity index (χ3n) is 3.50. The first kappa shape index (κ1) is 13.9. The van der Waals surface area contributed by atoms with Gasteiger partial charge in [-0.3, -0.25) is 0 Å². The molecule has 1 aliphatic carbocycles. The number of hydrogen-bond acceptors (Lipinski definition) is 5. The highest BCUT2D eigenvalue weighted by Crippen LogP contribution is 2.36. The molecule has 1 aromatic heterocycles. The van der Waals surface area contributed by atoms with Crippen LogP contribution in [0.4, 0.5) is 11.6 Å². The topological polar surface area (TPSA) is 59.1 Å². The Morgan fingerprint density at radius 2 is 2.05 bits per heavy atom. The quantitative estimate of drug-likeness (QED) is 0.756. The standard InChI is InChI=1S/C14H24N4O/c1-4-11(8-10-6-7-10)18-14-12(19-3)13(15-5-2)16-9-17-14/h9-11H,4-8H2,1-3H3,(H2,15,16,17,18). The van der Waals surface area contributed by atoms with E-state index in [2.05, 4.69) is 27.5 Å². The van der Waals surface area contributed by atoms with Crippen molar-refractivity contribution in [2.24, 2.45) is 5.92 Å². The van der Waals surface area contributed by atoms with Crippen LogP contribution in [0.3, 0.4) is 0 Å². The molecule has 1 atom stereocenters. The lowest BCUT2D eigenvalue weighted by atomic mass is 10.1. The van der Waals surface area contributed by atoms with Gasteiger partial charge in [-0.1, -0.05) is 19.8 Å². The zero-order chi connectivity index (χ0) is 13.7. The fourth-order valence-corrected chi connectivity index (χ4v) is 2.24. The SMILES string of the molecule is CCNc1ncnc(NC(CC)CC2CC2)c1OC. The molecule has 1 heterocycles. The van der Waals surface area contributed by atoms with Gasteiger partial charge in [0, 0.05) is 12.6 Å². The van der Waals surface area contributed by atoms with Gasteiger partial charge >= 0.3 is 0 Å². The third kappa shape index (κ3) is 3.72. The van der Waals surface area contributed by atoms with Crippen LogP contribution in [0.5, 0.6) is 5.75 Å². The van der Waals surface area contributed by atoms with Gasteiger partial charge in [0.05, 0.1) is 7.11 Å². The van der Waals surface area contributed by atoms with Crippen molar-refractivity contribution in [2.75, 3.05) is 24.3 Å². The van der Waals surface area contributed by atoms with Gasteiger partial charge in [-0.05, 0) is 25.7 Å². The number of ether oxygens (including phenoxy) is 1. The molecule has 0 bridgehead atoms. The summed E-state index contributed by atoms with van der Waals surface area (Å²) in [7, 11) is 1.66. The van der Waals surface area contributed by atoms with E-state index in [0.717, 1.165) is 30.5 Å². The molecule has 19 heavy (non-hydrogen) atoms. The molecule has 2 N–H and O–H groups in total. The summed E-state index contributed by atoms with van der Waals surface area (Å²) in [4.78, 5) is 8.54. The molecule has 1 unspecified atom stereocenters. The van der Waals surface area contributed by atoms with Gasteiger partial charge in [0.2, 0.25) is 5.75 Å². The molecule has 5 heteroatoms. The first-order valence-corrected chi connectivity index (χ1v) is 7.17. The second-order valence-electron chi connectivity index (χ2n) is 5.06. The van der Waals surface area contributed by atoms with Crippen molar-refractivity contribution in [3.05, 3.63) is 6.33 Å². The number of aromatic nitrogens is 2. The zero-order valence-corrected chi connectivity index (χ0v) is 12.1. The summed E-state index contributed by atoms with van der Waals surface area (Å²) >= 11 is 0. The highest BCUT2D eigenvalue weighted by molar-refractivity contribution is 5.63. The van der Waals surface area contributed by atoms with Crippen LogP contribution in [0.25, 0.3) is 0 Å². The Morgan fingerprint density at radius 1 is 1.32 bits per heavy atom. The second-order valence-corrected chi connectivity index (χ2v) is 5.06. The van der Waals surface area contributed by atoms with Gasteiger partial charge in [0.15, 0.2) is 11.6 Å². The van der Waals surface area contributed by atoms with Crippen molar-refractivity contribution in [1.29, 1.82) is 0 Å². The average Bonchev–Trinajstić information content (AvgIpc) is 3.22. The number of methoxy groups -OCH3 is 1. The third-order valence-corrected chi connectivity index (χ3v) is 3.50. The lowest BCUT2D eigenvalue weighted by molar-refractivity contribution is 0.413. The number of rotatable bonds is 8. The number of nitrogens with one attached hydrogen (secondary N) is 2. The van der Waals surface area contributed by atoms with Crippen LogP contribution in [0.2, 0.25) is 0 Å². The van der Waals surface area contributed by atoms with E-state index in [1.807, 2.05) is 6.92 Å². The summed E-state index contributed by atoms with van der Waals surface area (Å²) in [5, 5.41) is 6.70. The Labute approximate surface area is 115 Å². The first-order valence-electron chi connectivity index (χ1n) is 7.17. The lowest BCUT2D eigenvalue weighted by Gasteiger charge is -2.20. The Bertz CT molecular complexity index is 406. The molecule has 1 fully saturated rings. The van der Waals surface area contributed by atoms with Gasteiger partial charge < -0.3 is 15.4 Å². The van der Waals surface area contributed by atoms with Crippen molar-refractivity contribution in [3.63, 3.8) is 0 Å². The fourth-order valence-electron chi connectivity index (χ4n) is 2.24. The highest BCUT2D eigenvalue weighted by Gasteiger charge is 2.25. The molecule has 106 valence electrons. The van der Waals surface area contributed by atoms with Crippen molar-refractivity contribution in [3.8, 4) is 5.75 Å². The summed E-state index contributed by atoms with van der Waals surface area (Å²) in [5.41, 5.74) is 0. The van der Waals surface area contributed by atoms with Crippen molar-refractivity contribution in [2.45, 2.75) is 45.6 Å². The molecule has 1 aromatic rings. The minimum atomic E-state index is 0.464. The van der Waals surface area contributed by atoms with E-state index in [1.165, 1.54) is 19.3 Å². The summed E-state index contributed by atoms with van der Waals surface area (Å²) in [6, 6.07) is 0.464. The normalized spacial score (nSPS) is 15.9. The monoisotopic (exact) mass is 264 g/mol. The smallest absolute Gasteiger partial charge is 0.204 e. The van der Waals surface area contributed by atoms with Gasteiger partial charge in [0.25, 0.3) is 0 Å². The van der Waals surface area contributed by atoms with E-state index in [0.29, 0.717) is 11.8 Å². The minimum absolute atomic E-state index is 0.464. The zero-order valence-electron chi connectivity index (χ0n) is 12.1. The maximum Gasteiger partial charge on any atom is 0.204 e. The first-order chi connectivity index (χ1) is 9.28. The summed E-state index contributed by atoms with van der Waals surface area (Å²) in [5.74, 6) is 3.15. The number of anilines is 2. The van der Waals surface area contributed by atoms with Crippen molar-refractivity contribution < 1.29 is 4.74 Å². The Morgan fingerprint density at radius 3 is 2.63 bits per heavy atom. The fraction of sp³-hybridized carbons (Fsp3) is 0.714. The van der Waals surface area contributed by atoms with Crippen LogP contribution < -0.4 is 15.4 Å². The maximum absolute atomic E-state index is 5.45. The van der Waals surface area contributed by atoms with Gasteiger partial charge in [-0.15, -0.1) is 0 Å².